The zero-order valence-corrected chi connectivity index (χ0v) is 22.6. The van der Waals surface area contributed by atoms with Crippen LogP contribution < -0.4 is 0 Å². The number of nitrogens with zero attached hydrogens (tertiary/aromatic N) is 3. The fraction of sp³-hybridized carbons (Fsp3) is 0.367. The van der Waals surface area contributed by atoms with E-state index in [9.17, 15) is 23.5 Å². The predicted molar refractivity (Wildman–Crippen MR) is 147 cm³/mol. The number of likely N-dealkylation sites (tertiary alicyclic amines) is 2. The van der Waals surface area contributed by atoms with Gasteiger partial charge in [-0.25, -0.2) is 13.8 Å². The molecule has 0 radical (unpaired) electrons. The Morgan fingerprint density at radius 3 is 2.38 bits per heavy atom. The highest BCUT2D eigenvalue weighted by Crippen LogP contribution is 2.34. The minimum atomic E-state index is -2.92. The van der Waals surface area contributed by atoms with Gasteiger partial charge in [-0.15, -0.1) is 11.3 Å². The second-order valence-electron chi connectivity index (χ2n) is 10.3. The maximum atomic E-state index is 13.7. The van der Waals surface area contributed by atoms with Gasteiger partial charge in [0, 0.05) is 49.0 Å². The van der Waals surface area contributed by atoms with Gasteiger partial charge in [0.25, 0.3) is 17.7 Å². The van der Waals surface area contributed by atoms with E-state index in [1.165, 1.54) is 23.5 Å². The lowest BCUT2D eigenvalue weighted by Crippen LogP contribution is -2.38. The van der Waals surface area contributed by atoms with Crippen molar-refractivity contribution in [2.45, 2.75) is 50.5 Å². The largest absolute Gasteiger partial charge is 0.511 e. The Kier molecular flexibility index (Phi) is 7.53. The number of aliphatic hydroxyl groups excluding tert-OH is 1. The zero-order chi connectivity index (χ0) is 27.7. The summed E-state index contributed by atoms with van der Waals surface area (Å²) < 4.78 is 27.3. The van der Waals surface area contributed by atoms with Crippen LogP contribution in [0.5, 0.6) is 0 Å². The number of aliphatic hydroxyl groups is 1. The summed E-state index contributed by atoms with van der Waals surface area (Å²) >= 11 is 1.46. The number of piperidine rings is 1. The maximum absolute atomic E-state index is 13.7. The summed E-state index contributed by atoms with van der Waals surface area (Å²) in [7, 11) is 0. The van der Waals surface area contributed by atoms with E-state index in [2.05, 4.69) is 11.6 Å². The zero-order valence-electron chi connectivity index (χ0n) is 21.8. The van der Waals surface area contributed by atoms with E-state index in [4.69, 9.17) is 0 Å². The Morgan fingerprint density at radius 1 is 1.03 bits per heavy atom. The molecule has 2 fully saturated rings. The quantitative estimate of drug-likeness (QED) is 0.350. The van der Waals surface area contributed by atoms with E-state index >= 15 is 0 Å². The molecule has 0 spiro atoms. The second-order valence-corrected chi connectivity index (χ2v) is 11.2. The van der Waals surface area contributed by atoms with Crippen molar-refractivity contribution in [3.63, 3.8) is 0 Å². The van der Waals surface area contributed by atoms with Crippen LogP contribution in [0.15, 0.2) is 66.2 Å². The molecule has 39 heavy (non-hydrogen) atoms. The number of amides is 2. The Labute approximate surface area is 230 Å². The van der Waals surface area contributed by atoms with E-state index in [0.717, 1.165) is 31.2 Å². The highest BCUT2D eigenvalue weighted by atomic mass is 32.1. The summed E-state index contributed by atoms with van der Waals surface area (Å²) in [6.45, 7) is 6.16. The molecule has 204 valence electrons. The van der Waals surface area contributed by atoms with Crippen LogP contribution in [0.25, 0.3) is 11.1 Å². The molecule has 1 unspecified atom stereocenters. The molecule has 2 aliphatic rings. The molecule has 2 saturated heterocycles. The van der Waals surface area contributed by atoms with Crippen LogP contribution >= 0.6 is 11.3 Å². The monoisotopic (exact) mass is 551 g/mol. The van der Waals surface area contributed by atoms with Gasteiger partial charge < -0.3 is 14.9 Å². The van der Waals surface area contributed by atoms with Crippen LogP contribution in [-0.2, 0) is 5.92 Å². The van der Waals surface area contributed by atoms with E-state index in [1.54, 1.807) is 28.5 Å². The van der Waals surface area contributed by atoms with Crippen molar-refractivity contribution in [1.82, 2.24) is 14.8 Å². The topological polar surface area (TPSA) is 73.7 Å². The summed E-state index contributed by atoms with van der Waals surface area (Å²) in [5, 5.41) is 12.5. The summed E-state index contributed by atoms with van der Waals surface area (Å²) in [5.41, 5.74) is 2.29. The van der Waals surface area contributed by atoms with Gasteiger partial charge in [-0.2, -0.15) is 0 Å². The number of alkyl halides is 2. The molecule has 6 nitrogen and oxygen atoms in total. The van der Waals surface area contributed by atoms with Crippen LogP contribution in [0, 0.1) is 0 Å². The van der Waals surface area contributed by atoms with Crippen LogP contribution in [0.1, 0.15) is 69.9 Å². The number of carbonyl (C=O) groups is 2. The molecule has 2 aromatic carbocycles. The lowest BCUT2D eigenvalue weighted by molar-refractivity contribution is 0.0174. The third-order valence-electron chi connectivity index (χ3n) is 7.63. The highest BCUT2D eigenvalue weighted by molar-refractivity contribution is 7.09. The number of benzene rings is 2. The first-order valence-electron chi connectivity index (χ1n) is 13.1. The lowest BCUT2D eigenvalue weighted by Gasteiger charge is -2.31. The predicted octanol–water partition coefficient (Wildman–Crippen LogP) is 6.62. The molecule has 3 heterocycles. The van der Waals surface area contributed by atoms with Gasteiger partial charge in [-0.1, -0.05) is 49.0 Å². The molecule has 0 bridgehead atoms. The number of halogens is 2. The van der Waals surface area contributed by atoms with E-state index in [-0.39, 0.29) is 35.1 Å². The number of hydrogen-bond donors (Lipinski definition) is 1. The SMILES string of the molecule is C=C(O)C1CCCN1C(=O)c1csc(C2CCN(C(=O)c3ccccc3-c3ccc(C(C)(F)F)cc3)CC2)n1. The van der Waals surface area contributed by atoms with E-state index in [1.807, 2.05) is 23.1 Å². The molecule has 0 saturated carbocycles. The lowest BCUT2D eigenvalue weighted by atomic mass is 9.94. The van der Waals surface area contributed by atoms with Gasteiger partial charge in [0.15, 0.2) is 0 Å². The standard InChI is InChI=1S/C30H31F2N3O3S/c1-19(36)26-8-5-15-35(26)29(38)25-18-39-27(33-25)21-13-16-34(17-14-21)28(37)24-7-4-3-6-23(24)20-9-11-22(12-10-20)30(2,31)32/h3-4,6-7,9-12,18,21,26,36H,1,5,8,13-17H2,2H3. The van der Waals surface area contributed by atoms with E-state index < -0.39 is 5.92 Å². The number of aromatic nitrogens is 1. The number of thiazole rings is 1. The number of rotatable bonds is 6. The smallest absolute Gasteiger partial charge is 0.273 e. The molecular formula is C30H31F2N3O3S. The maximum Gasteiger partial charge on any atom is 0.273 e. The normalized spacial score (nSPS) is 18.4. The van der Waals surface area contributed by atoms with Gasteiger partial charge in [0.1, 0.15) is 11.5 Å². The van der Waals surface area contributed by atoms with Gasteiger partial charge in [-0.05, 0) is 42.9 Å². The third kappa shape index (κ3) is 5.59. The van der Waals surface area contributed by atoms with Crippen LogP contribution in [0.4, 0.5) is 8.78 Å². The first-order valence-corrected chi connectivity index (χ1v) is 14.0. The van der Waals surface area contributed by atoms with Crippen molar-refractivity contribution in [3.05, 3.63) is 88.1 Å². The number of hydrogen-bond acceptors (Lipinski definition) is 5. The Hall–Kier alpha value is -3.59. The molecule has 9 heteroatoms. The molecule has 2 aliphatic heterocycles. The average molecular weight is 552 g/mol. The van der Waals surface area contributed by atoms with Gasteiger partial charge >= 0.3 is 0 Å². The minimum Gasteiger partial charge on any atom is -0.511 e. The van der Waals surface area contributed by atoms with Crippen LogP contribution in [-0.4, -0.2) is 57.4 Å². The summed E-state index contributed by atoms with van der Waals surface area (Å²) in [6, 6.07) is 13.0. The first kappa shape index (κ1) is 27.0. The van der Waals surface area contributed by atoms with Crippen molar-refractivity contribution >= 4 is 23.2 Å². The van der Waals surface area contributed by atoms with Gasteiger partial charge in [0.2, 0.25) is 0 Å². The fourth-order valence-electron chi connectivity index (χ4n) is 5.44. The molecule has 1 atom stereocenters. The minimum absolute atomic E-state index is 0.00874. The van der Waals surface area contributed by atoms with Crippen molar-refractivity contribution in [3.8, 4) is 11.1 Å². The second kappa shape index (κ2) is 10.9. The Bertz CT molecular complexity index is 1370. The molecule has 1 N–H and O–H groups in total. The molecular weight excluding hydrogens is 520 g/mol. The van der Waals surface area contributed by atoms with Crippen molar-refractivity contribution in [1.29, 1.82) is 0 Å². The molecule has 0 aliphatic carbocycles. The van der Waals surface area contributed by atoms with Gasteiger partial charge in [-0.3, -0.25) is 9.59 Å². The fourth-order valence-corrected chi connectivity index (χ4v) is 6.41. The van der Waals surface area contributed by atoms with E-state index in [0.29, 0.717) is 48.4 Å². The average Bonchev–Trinajstić information content (AvgIpc) is 3.63. The number of carbonyl (C=O) groups excluding carboxylic acids is 2. The van der Waals surface area contributed by atoms with Crippen molar-refractivity contribution < 1.29 is 23.5 Å². The highest BCUT2D eigenvalue weighted by Gasteiger charge is 2.34. The van der Waals surface area contributed by atoms with Crippen LogP contribution in [0.2, 0.25) is 0 Å². The summed E-state index contributed by atoms with van der Waals surface area (Å²) in [6.07, 6.45) is 2.99. The summed E-state index contributed by atoms with van der Waals surface area (Å²) in [4.78, 5) is 34.6. The van der Waals surface area contributed by atoms with Gasteiger partial charge in [0.05, 0.1) is 11.0 Å². The first-order chi connectivity index (χ1) is 18.6. The molecule has 2 amide bonds. The van der Waals surface area contributed by atoms with Crippen molar-refractivity contribution in [2.75, 3.05) is 19.6 Å². The Morgan fingerprint density at radius 2 is 1.72 bits per heavy atom. The Balaban J connectivity index is 1.25. The molecule has 3 aromatic rings. The molecule has 1 aromatic heterocycles. The molecule has 5 rings (SSSR count). The third-order valence-corrected chi connectivity index (χ3v) is 8.64. The van der Waals surface area contributed by atoms with Crippen LogP contribution in [0.3, 0.4) is 0 Å². The summed E-state index contributed by atoms with van der Waals surface area (Å²) in [5.74, 6) is -3.03. The van der Waals surface area contributed by atoms with Crippen molar-refractivity contribution in [2.24, 2.45) is 0 Å².